The summed E-state index contributed by atoms with van der Waals surface area (Å²) in [5.41, 5.74) is 3.23. The molecule has 1 aromatic rings. The van der Waals surface area contributed by atoms with Crippen molar-refractivity contribution in [3.8, 4) is 0 Å². The first kappa shape index (κ1) is 13.5. The second-order valence-electron chi connectivity index (χ2n) is 6.10. The van der Waals surface area contributed by atoms with Crippen LogP contribution in [0.3, 0.4) is 0 Å². The molecule has 3 heteroatoms. The molecular weight excluding hydrogens is 248 g/mol. The summed E-state index contributed by atoms with van der Waals surface area (Å²) in [5.74, 6) is 0.892. The summed E-state index contributed by atoms with van der Waals surface area (Å²) in [7, 11) is 0. The minimum atomic E-state index is 0.0670. The van der Waals surface area contributed by atoms with E-state index in [4.69, 9.17) is 0 Å². The van der Waals surface area contributed by atoms with Gasteiger partial charge in [-0.1, -0.05) is 38.2 Å². The van der Waals surface area contributed by atoms with E-state index >= 15 is 0 Å². The number of amides is 1. The number of nitrogens with one attached hydrogen (secondary N) is 2. The van der Waals surface area contributed by atoms with Crippen LogP contribution < -0.4 is 10.6 Å². The normalized spacial score (nSPS) is 18.4. The van der Waals surface area contributed by atoms with Crippen LogP contribution >= 0.6 is 0 Å². The Kier molecular flexibility index (Phi) is 4.24. The van der Waals surface area contributed by atoms with E-state index in [1.165, 1.54) is 37.7 Å². The van der Waals surface area contributed by atoms with Crippen molar-refractivity contribution in [1.82, 2.24) is 5.32 Å². The molecule has 0 spiro atoms. The third-order valence-corrected chi connectivity index (χ3v) is 4.64. The molecule has 0 radical (unpaired) electrons. The summed E-state index contributed by atoms with van der Waals surface area (Å²) in [6, 6.07) is 6.01. The number of benzene rings is 1. The lowest BCUT2D eigenvalue weighted by molar-refractivity contribution is 0.0950. The minimum absolute atomic E-state index is 0.0670. The number of hydrogen-bond donors (Lipinski definition) is 2. The Morgan fingerprint density at radius 3 is 2.95 bits per heavy atom. The van der Waals surface area contributed by atoms with Gasteiger partial charge in [-0.3, -0.25) is 4.79 Å². The Bertz CT molecular complexity index is 478. The Labute approximate surface area is 121 Å². The van der Waals surface area contributed by atoms with E-state index in [0.717, 1.165) is 43.1 Å². The maximum absolute atomic E-state index is 12.1. The van der Waals surface area contributed by atoms with Crippen molar-refractivity contribution < 1.29 is 4.79 Å². The van der Waals surface area contributed by atoms with E-state index < -0.39 is 0 Å². The van der Waals surface area contributed by atoms with E-state index in [0.29, 0.717) is 0 Å². The van der Waals surface area contributed by atoms with Gasteiger partial charge in [0, 0.05) is 24.3 Å². The number of carbonyl (C=O) groups is 1. The van der Waals surface area contributed by atoms with Gasteiger partial charge in [0.15, 0.2) is 0 Å². The lowest BCUT2D eigenvalue weighted by Gasteiger charge is -2.21. The van der Waals surface area contributed by atoms with E-state index in [1.54, 1.807) is 0 Å². The SMILES string of the molecule is O=C(NCCC1CCCCC1)c1ccc2c(c1)NCC2. The quantitative estimate of drug-likeness (QED) is 0.882. The van der Waals surface area contributed by atoms with E-state index in [1.807, 2.05) is 12.1 Å². The van der Waals surface area contributed by atoms with Crippen molar-refractivity contribution in [3.63, 3.8) is 0 Å². The molecule has 1 heterocycles. The zero-order valence-electron chi connectivity index (χ0n) is 12.1. The average Bonchev–Trinajstić information content (AvgIpc) is 2.95. The molecule has 0 saturated heterocycles. The molecule has 1 aliphatic carbocycles. The Morgan fingerprint density at radius 1 is 1.25 bits per heavy atom. The lowest BCUT2D eigenvalue weighted by atomic mass is 9.87. The molecule has 1 amide bonds. The standard InChI is InChI=1S/C17H24N2O/c20-17(19-10-8-13-4-2-1-3-5-13)15-7-6-14-9-11-18-16(14)12-15/h6-7,12-13,18H,1-5,8-11H2,(H,19,20). The third-order valence-electron chi connectivity index (χ3n) is 4.64. The highest BCUT2D eigenvalue weighted by molar-refractivity contribution is 5.95. The number of fused-ring (bicyclic) bond motifs is 1. The molecule has 0 atom stereocenters. The lowest BCUT2D eigenvalue weighted by Crippen LogP contribution is -2.26. The highest BCUT2D eigenvalue weighted by Gasteiger charge is 2.15. The average molecular weight is 272 g/mol. The van der Waals surface area contributed by atoms with Gasteiger partial charge in [-0.05, 0) is 36.5 Å². The number of carbonyl (C=O) groups excluding carboxylic acids is 1. The molecule has 0 aromatic heterocycles. The smallest absolute Gasteiger partial charge is 0.251 e. The second kappa shape index (κ2) is 6.29. The van der Waals surface area contributed by atoms with Crippen LogP contribution in [0.5, 0.6) is 0 Å². The summed E-state index contributed by atoms with van der Waals surface area (Å²) in [4.78, 5) is 12.1. The summed E-state index contributed by atoms with van der Waals surface area (Å²) in [6.07, 6.45) is 9.03. The Hall–Kier alpha value is -1.51. The molecule has 1 saturated carbocycles. The molecule has 1 aromatic carbocycles. The maximum Gasteiger partial charge on any atom is 0.251 e. The molecule has 0 bridgehead atoms. The fourth-order valence-electron chi connectivity index (χ4n) is 3.40. The van der Waals surface area contributed by atoms with Gasteiger partial charge < -0.3 is 10.6 Å². The predicted octanol–water partition coefficient (Wildman–Crippen LogP) is 3.35. The Balaban J connectivity index is 1.49. The molecular formula is C17H24N2O. The van der Waals surface area contributed by atoms with Crippen molar-refractivity contribution in [2.45, 2.75) is 44.9 Å². The third kappa shape index (κ3) is 3.14. The number of anilines is 1. The van der Waals surface area contributed by atoms with Crippen molar-refractivity contribution >= 4 is 11.6 Å². The van der Waals surface area contributed by atoms with Gasteiger partial charge >= 0.3 is 0 Å². The van der Waals surface area contributed by atoms with Crippen molar-refractivity contribution in [1.29, 1.82) is 0 Å². The molecule has 0 unspecified atom stereocenters. The van der Waals surface area contributed by atoms with Crippen LogP contribution in [0.15, 0.2) is 18.2 Å². The first-order valence-corrected chi connectivity index (χ1v) is 7.98. The van der Waals surface area contributed by atoms with Gasteiger partial charge in [0.1, 0.15) is 0 Å². The molecule has 3 rings (SSSR count). The van der Waals surface area contributed by atoms with Crippen LogP contribution in [0, 0.1) is 5.92 Å². The summed E-state index contributed by atoms with van der Waals surface area (Å²) >= 11 is 0. The maximum atomic E-state index is 12.1. The van der Waals surface area contributed by atoms with E-state index in [-0.39, 0.29) is 5.91 Å². The zero-order valence-corrected chi connectivity index (χ0v) is 12.1. The number of hydrogen-bond acceptors (Lipinski definition) is 2. The van der Waals surface area contributed by atoms with Crippen LogP contribution in [-0.2, 0) is 6.42 Å². The van der Waals surface area contributed by atoms with Crippen LogP contribution in [0.4, 0.5) is 5.69 Å². The Morgan fingerprint density at radius 2 is 2.10 bits per heavy atom. The summed E-state index contributed by atoms with van der Waals surface area (Å²) < 4.78 is 0. The largest absolute Gasteiger partial charge is 0.384 e. The predicted molar refractivity (Wildman–Crippen MR) is 82.2 cm³/mol. The molecule has 3 nitrogen and oxygen atoms in total. The van der Waals surface area contributed by atoms with E-state index in [2.05, 4.69) is 16.7 Å². The van der Waals surface area contributed by atoms with Crippen LogP contribution in [-0.4, -0.2) is 19.0 Å². The number of rotatable bonds is 4. The first-order chi connectivity index (χ1) is 9.83. The summed E-state index contributed by atoms with van der Waals surface area (Å²) in [5, 5.41) is 6.39. The van der Waals surface area contributed by atoms with Crippen molar-refractivity contribution in [2.75, 3.05) is 18.4 Å². The first-order valence-electron chi connectivity index (χ1n) is 7.98. The van der Waals surface area contributed by atoms with E-state index in [9.17, 15) is 4.79 Å². The summed E-state index contributed by atoms with van der Waals surface area (Å²) in [6.45, 7) is 1.80. The monoisotopic (exact) mass is 272 g/mol. The molecule has 1 aliphatic heterocycles. The fourth-order valence-corrected chi connectivity index (χ4v) is 3.40. The minimum Gasteiger partial charge on any atom is -0.384 e. The van der Waals surface area contributed by atoms with Gasteiger partial charge in [-0.25, -0.2) is 0 Å². The molecule has 20 heavy (non-hydrogen) atoms. The zero-order chi connectivity index (χ0) is 13.8. The highest BCUT2D eigenvalue weighted by Crippen LogP contribution is 2.26. The molecule has 1 fully saturated rings. The fraction of sp³-hybridized carbons (Fsp3) is 0.588. The van der Waals surface area contributed by atoms with Gasteiger partial charge in [0.05, 0.1) is 0 Å². The van der Waals surface area contributed by atoms with Gasteiger partial charge in [-0.15, -0.1) is 0 Å². The van der Waals surface area contributed by atoms with Gasteiger partial charge in [0.25, 0.3) is 5.91 Å². The topological polar surface area (TPSA) is 41.1 Å². The second-order valence-corrected chi connectivity index (χ2v) is 6.10. The van der Waals surface area contributed by atoms with Gasteiger partial charge in [-0.2, -0.15) is 0 Å². The molecule has 2 N–H and O–H groups in total. The van der Waals surface area contributed by atoms with Gasteiger partial charge in [0.2, 0.25) is 0 Å². The van der Waals surface area contributed by atoms with Crippen LogP contribution in [0.2, 0.25) is 0 Å². The molecule has 108 valence electrons. The van der Waals surface area contributed by atoms with Crippen LogP contribution in [0.25, 0.3) is 0 Å². The van der Waals surface area contributed by atoms with Crippen LogP contribution in [0.1, 0.15) is 54.4 Å². The van der Waals surface area contributed by atoms with Crippen molar-refractivity contribution in [3.05, 3.63) is 29.3 Å². The van der Waals surface area contributed by atoms with Crippen molar-refractivity contribution in [2.24, 2.45) is 5.92 Å². The molecule has 2 aliphatic rings. The highest BCUT2D eigenvalue weighted by atomic mass is 16.1.